The summed E-state index contributed by atoms with van der Waals surface area (Å²) in [6.45, 7) is 0. The van der Waals surface area contributed by atoms with E-state index >= 15 is 0 Å². The third-order valence-corrected chi connectivity index (χ3v) is 2.78. The Kier molecular flexibility index (Phi) is 3.99. The summed E-state index contributed by atoms with van der Waals surface area (Å²) in [5, 5.41) is 8.21. The van der Waals surface area contributed by atoms with Gasteiger partial charge in [-0.1, -0.05) is 0 Å². The maximum Gasteiger partial charge on any atom is 0.422 e. The van der Waals surface area contributed by atoms with E-state index in [0.717, 1.165) is 0 Å². The summed E-state index contributed by atoms with van der Waals surface area (Å²) in [7, 11) is 0. The number of aromatic amines is 1. The van der Waals surface area contributed by atoms with Crippen molar-refractivity contribution >= 4 is 27.7 Å². The lowest BCUT2D eigenvalue weighted by Gasteiger charge is -2.10. The van der Waals surface area contributed by atoms with Crippen LogP contribution in [0.2, 0.25) is 0 Å². The summed E-state index contributed by atoms with van der Waals surface area (Å²) in [5.41, 5.74) is -2.64. The smallest absolute Gasteiger partial charge is 0.305 e. The van der Waals surface area contributed by atoms with Crippen LogP contribution in [0.1, 0.15) is 15.9 Å². The lowest BCUT2D eigenvalue weighted by molar-refractivity contribution is -0.142. The molecule has 10 heteroatoms. The number of rotatable bonds is 2. The van der Waals surface area contributed by atoms with Gasteiger partial charge in [-0.25, -0.2) is 8.78 Å². The zero-order valence-electron chi connectivity index (χ0n) is 9.86. The van der Waals surface area contributed by atoms with Crippen LogP contribution in [0.5, 0.6) is 0 Å². The number of nitrogens with one attached hydrogen (secondary N) is 2. The van der Waals surface area contributed by atoms with Crippen LogP contribution < -0.4 is 5.32 Å². The third-order valence-electron chi connectivity index (χ3n) is 2.38. The highest BCUT2D eigenvalue weighted by Crippen LogP contribution is 2.34. The SMILES string of the molecule is O=C(Nc1cc(Br)[nH]n1)c1cc(F)c(C(F)(F)F)c(F)c1. The standard InChI is InChI=1S/C11H5BrF5N3O/c12-7-3-8(20-19-7)18-10(21)4-1-5(13)9(6(14)2-4)11(15,16)17/h1-3H,(H2,18,19,20,21). The molecule has 0 saturated carbocycles. The van der Waals surface area contributed by atoms with E-state index in [4.69, 9.17) is 0 Å². The second-order valence-corrected chi connectivity index (χ2v) is 4.72. The molecule has 0 spiro atoms. The van der Waals surface area contributed by atoms with E-state index in [1.54, 1.807) is 0 Å². The Labute approximate surface area is 122 Å². The van der Waals surface area contributed by atoms with Crippen molar-refractivity contribution in [2.45, 2.75) is 6.18 Å². The lowest BCUT2D eigenvalue weighted by Crippen LogP contribution is -2.16. The highest BCUT2D eigenvalue weighted by molar-refractivity contribution is 9.10. The van der Waals surface area contributed by atoms with Gasteiger partial charge >= 0.3 is 6.18 Å². The van der Waals surface area contributed by atoms with Crippen LogP contribution in [0.15, 0.2) is 22.8 Å². The van der Waals surface area contributed by atoms with Gasteiger partial charge in [0, 0.05) is 11.6 Å². The third kappa shape index (κ3) is 3.38. The van der Waals surface area contributed by atoms with Crippen molar-refractivity contribution in [3.05, 3.63) is 45.6 Å². The molecule has 2 N–H and O–H groups in total. The van der Waals surface area contributed by atoms with Crippen molar-refractivity contribution in [3.63, 3.8) is 0 Å². The minimum atomic E-state index is -5.18. The first-order chi connectivity index (χ1) is 9.68. The van der Waals surface area contributed by atoms with Gasteiger partial charge < -0.3 is 5.32 Å². The van der Waals surface area contributed by atoms with Crippen LogP contribution in [-0.2, 0) is 6.18 Å². The molecule has 1 aromatic heterocycles. The molecule has 0 fully saturated rings. The van der Waals surface area contributed by atoms with Crippen molar-refractivity contribution in [1.82, 2.24) is 10.2 Å². The molecule has 0 aliphatic rings. The molecule has 0 unspecified atom stereocenters. The summed E-state index contributed by atoms with van der Waals surface area (Å²) < 4.78 is 64.3. The van der Waals surface area contributed by atoms with Gasteiger partial charge in [0.15, 0.2) is 5.82 Å². The first-order valence-electron chi connectivity index (χ1n) is 5.27. The van der Waals surface area contributed by atoms with Crippen molar-refractivity contribution < 1.29 is 26.7 Å². The van der Waals surface area contributed by atoms with Crippen LogP contribution >= 0.6 is 15.9 Å². The van der Waals surface area contributed by atoms with E-state index in [1.807, 2.05) is 0 Å². The number of halogens is 6. The molecule has 2 aromatic rings. The maximum absolute atomic E-state index is 13.3. The van der Waals surface area contributed by atoms with Gasteiger partial charge in [0.2, 0.25) is 0 Å². The molecule has 0 radical (unpaired) electrons. The fraction of sp³-hybridized carbons (Fsp3) is 0.0909. The van der Waals surface area contributed by atoms with Gasteiger partial charge in [0.05, 0.1) is 0 Å². The number of nitrogens with zero attached hydrogens (tertiary/aromatic N) is 1. The Morgan fingerprint density at radius 3 is 2.19 bits per heavy atom. The molecule has 0 aliphatic carbocycles. The molecule has 21 heavy (non-hydrogen) atoms. The summed E-state index contributed by atoms with van der Waals surface area (Å²) in [4.78, 5) is 11.7. The highest BCUT2D eigenvalue weighted by atomic mass is 79.9. The number of alkyl halides is 3. The summed E-state index contributed by atoms with van der Waals surface area (Å²) in [5.74, 6) is -4.69. The largest absolute Gasteiger partial charge is 0.422 e. The molecule has 1 amide bonds. The Bertz CT molecular complexity index is 674. The number of benzene rings is 1. The molecule has 1 heterocycles. The molecular formula is C11H5BrF5N3O. The topological polar surface area (TPSA) is 57.8 Å². The van der Waals surface area contributed by atoms with Crippen molar-refractivity contribution in [1.29, 1.82) is 0 Å². The Morgan fingerprint density at radius 1 is 1.19 bits per heavy atom. The van der Waals surface area contributed by atoms with E-state index in [2.05, 4.69) is 31.4 Å². The monoisotopic (exact) mass is 369 g/mol. The summed E-state index contributed by atoms with van der Waals surface area (Å²) >= 11 is 3.02. The van der Waals surface area contributed by atoms with E-state index in [0.29, 0.717) is 16.7 Å². The zero-order chi connectivity index (χ0) is 15.8. The van der Waals surface area contributed by atoms with E-state index < -0.39 is 34.8 Å². The normalized spacial score (nSPS) is 11.5. The number of anilines is 1. The molecule has 2 rings (SSSR count). The number of H-pyrrole nitrogens is 1. The zero-order valence-corrected chi connectivity index (χ0v) is 11.4. The van der Waals surface area contributed by atoms with Crippen molar-refractivity contribution in [2.24, 2.45) is 0 Å². The quantitative estimate of drug-likeness (QED) is 0.792. The molecule has 0 atom stereocenters. The van der Waals surface area contributed by atoms with E-state index in [-0.39, 0.29) is 5.82 Å². The number of hydrogen-bond acceptors (Lipinski definition) is 2. The second-order valence-electron chi connectivity index (χ2n) is 3.87. The molecule has 0 aliphatic heterocycles. The van der Waals surface area contributed by atoms with E-state index in [1.165, 1.54) is 6.07 Å². The van der Waals surface area contributed by atoms with Crippen LogP contribution in [0, 0.1) is 11.6 Å². The van der Waals surface area contributed by atoms with Crippen LogP contribution in [0.3, 0.4) is 0 Å². The van der Waals surface area contributed by atoms with Gasteiger partial charge in [-0.2, -0.15) is 18.3 Å². The van der Waals surface area contributed by atoms with E-state index in [9.17, 15) is 26.7 Å². The van der Waals surface area contributed by atoms with Gasteiger partial charge in [0.1, 0.15) is 21.8 Å². The molecule has 112 valence electrons. The molecule has 0 bridgehead atoms. The van der Waals surface area contributed by atoms with Crippen LogP contribution in [0.4, 0.5) is 27.8 Å². The minimum absolute atomic E-state index is 0.0348. The van der Waals surface area contributed by atoms with Crippen molar-refractivity contribution in [2.75, 3.05) is 5.32 Å². The highest BCUT2D eigenvalue weighted by Gasteiger charge is 2.38. The lowest BCUT2D eigenvalue weighted by atomic mass is 10.1. The number of carbonyl (C=O) groups is 1. The Balaban J connectivity index is 2.31. The van der Waals surface area contributed by atoms with Gasteiger partial charge in [-0.05, 0) is 28.1 Å². The average Bonchev–Trinajstić information content (AvgIpc) is 2.71. The molecule has 4 nitrogen and oxygen atoms in total. The fourth-order valence-electron chi connectivity index (χ4n) is 1.53. The van der Waals surface area contributed by atoms with Gasteiger partial charge in [-0.15, -0.1) is 0 Å². The van der Waals surface area contributed by atoms with Gasteiger partial charge in [0.25, 0.3) is 5.91 Å². The van der Waals surface area contributed by atoms with Crippen molar-refractivity contribution in [3.8, 4) is 0 Å². The summed E-state index contributed by atoms with van der Waals surface area (Å²) in [6, 6.07) is 1.97. The first-order valence-corrected chi connectivity index (χ1v) is 6.06. The van der Waals surface area contributed by atoms with Crippen LogP contribution in [0.25, 0.3) is 0 Å². The predicted molar refractivity (Wildman–Crippen MR) is 65.6 cm³/mol. The molecule has 0 saturated heterocycles. The number of amides is 1. The minimum Gasteiger partial charge on any atom is -0.305 e. The first kappa shape index (κ1) is 15.4. The molecule has 1 aromatic carbocycles. The molecular weight excluding hydrogens is 365 g/mol. The fourth-order valence-corrected chi connectivity index (χ4v) is 1.83. The van der Waals surface area contributed by atoms with Crippen LogP contribution in [-0.4, -0.2) is 16.1 Å². The maximum atomic E-state index is 13.3. The number of hydrogen-bond donors (Lipinski definition) is 2. The average molecular weight is 370 g/mol. The summed E-state index contributed by atoms with van der Waals surface area (Å²) in [6.07, 6.45) is -5.18. The van der Waals surface area contributed by atoms with Gasteiger partial charge in [-0.3, -0.25) is 9.89 Å². The Hall–Kier alpha value is -1.97. The number of carbonyl (C=O) groups excluding carboxylic acids is 1. The predicted octanol–water partition coefficient (Wildman–Crippen LogP) is 3.72. The Morgan fingerprint density at radius 2 is 1.76 bits per heavy atom. The second kappa shape index (κ2) is 5.43. The number of aromatic nitrogens is 2.